The van der Waals surface area contributed by atoms with Crippen LogP contribution in [0.1, 0.15) is 42.0 Å². The van der Waals surface area contributed by atoms with Crippen LogP contribution in [-0.2, 0) is 14.8 Å². The van der Waals surface area contributed by atoms with E-state index in [2.05, 4.69) is 5.32 Å². The summed E-state index contributed by atoms with van der Waals surface area (Å²) in [5.74, 6) is -0.125. The first-order valence-corrected chi connectivity index (χ1v) is 10.9. The average molecular weight is 409 g/mol. The van der Waals surface area contributed by atoms with Crippen LogP contribution in [0.25, 0.3) is 0 Å². The average Bonchev–Trinajstić information content (AvgIpc) is 2.73. The lowest BCUT2D eigenvalue weighted by Gasteiger charge is -2.20. The highest BCUT2D eigenvalue weighted by Crippen LogP contribution is 2.28. The normalized spacial score (nSPS) is 12.5. The molecule has 3 aromatic rings. The maximum atomic E-state index is 12.8. The Morgan fingerprint density at radius 3 is 1.76 bits per heavy atom. The lowest BCUT2D eigenvalue weighted by atomic mass is 9.88. The summed E-state index contributed by atoms with van der Waals surface area (Å²) < 4.78 is 22.8. The molecule has 0 saturated carbocycles. The molecule has 1 unspecified atom stereocenters. The monoisotopic (exact) mass is 408 g/mol. The lowest BCUT2D eigenvalue weighted by molar-refractivity contribution is -0.121. The van der Waals surface area contributed by atoms with Crippen molar-refractivity contribution in [2.75, 3.05) is 0 Å². The Hall–Kier alpha value is -2.96. The number of hydrogen-bond donors (Lipinski definition) is 2. The quantitative estimate of drug-likeness (QED) is 0.624. The number of amides is 1. The van der Waals surface area contributed by atoms with E-state index in [1.165, 1.54) is 12.1 Å². The Labute approximate surface area is 171 Å². The van der Waals surface area contributed by atoms with Crippen molar-refractivity contribution in [2.45, 2.75) is 30.2 Å². The van der Waals surface area contributed by atoms with Crippen LogP contribution < -0.4 is 10.5 Å². The summed E-state index contributed by atoms with van der Waals surface area (Å²) in [4.78, 5) is 12.8. The highest BCUT2D eigenvalue weighted by atomic mass is 32.2. The zero-order valence-corrected chi connectivity index (χ0v) is 17.0. The molecule has 3 N–H and O–H groups in total. The van der Waals surface area contributed by atoms with Crippen molar-refractivity contribution in [3.63, 3.8) is 0 Å². The fraction of sp³-hybridized carbons (Fsp3) is 0.174. The lowest BCUT2D eigenvalue weighted by Crippen LogP contribution is -2.28. The van der Waals surface area contributed by atoms with Gasteiger partial charge in [0.05, 0.1) is 10.9 Å². The Morgan fingerprint density at radius 2 is 1.31 bits per heavy atom. The first-order valence-electron chi connectivity index (χ1n) is 9.36. The number of benzene rings is 3. The summed E-state index contributed by atoms with van der Waals surface area (Å²) in [6, 6.07) is 25.9. The molecule has 0 aliphatic carbocycles. The van der Waals surface area contributed by atoms with Crippen molar-refractivity contribution in [2.24, 2.45) is 5.14 Å². The van der Waals surface area contributed by atoms with Gasteiger partial charge in [0.2, 0.25) is 15.9 Å². The molecule has 0 heterocycles. The predicted molar refractivity (Wildman–Crippen MR) is 114 cm³/mol. The first kappa shape index (κ1) is 20.8. The Morgan fingerprint density at radius 1 is 0.828 bits per heavy atom. The van der Waals surface area contributed by atoms with Crippen molar-refractivity contribution in [1.29, 1.82) is 0 Å². The Balaban J connectivity index is 1.73. The van der Waals surface area contributed by atoms with Gasteiger partial charge in [0, 0.05) is 12.3 Å². The van der Waals surface area contributed by atoms with E-state index in [0.717, 1.165) is 16.7 Å². The molecule has 0 saturated heterocycles. The predicted octanol–water partition coefficient (Wildman–Crippen LogP) is 3.73. The Kier molecular flexibility index (Phi) is 6.46. The van der Waals surface area contributed by atoms with E-state index in [4.69, 9.17) is 5.14 Å². The molecule has 0 fully saturated rings. The van der Waals surface area contributed by atoms with Crippen LogP contribution in [0.15, 0.2) is 89.8 Å². The van der Waals surface area contributed by atoms with Crippen LogP contribution in [0.3, 0.4) is 0 Å². The molecule has 1 amide bonds. The number of rotatable bonds is 7. The zero-order valence-electron chi connectivity index (χ0n) is 16.2. The van der Waals surface area contributed by atoms with Gasteiger partial charge in [0.25, 0.3) is 0 Å². The van der Waals surface area contributed by atoms with Gasteiger partial charge in [-0.2, -0.15) is 0 Å². The smallest absolute Gasteiger partial charge is 0.238 e. The minimum atomic E-state index is -3.73. The summed E-state index contributed by atoms with van der Waals surface area (Å²) in [6.07, 6.45) is 0.313. The number of carbonyl (C=O) groups excluding carboxylic acids is 1. The molecule has 6 heteroatoms. The van der Waals surface area contributed by atoms with Crippen LogP contribution in [-0.4, -0.2) is 14.3 Å². The van der Waals surface area contributed by atoms with Gasteiger partial charge in [-0.05, 0) is 35.7 Å². The molecule has 0 aliphatic rings. The van der Waals surface area contributed by atoms with Gasteiger partial charge in [-0.25, -0.2) is 13.6 Å². The highest BCUT2D eigenvalue weighted by Gasteiger charge is 2.19. The van der Waals surface area contributed by atoms with Crippen molar-refractivity contribution in [1.82, 2.24) is 5.32 Å². The van der Waals surface area contributed by atoms with Crippen molar-refractivity contribution >= 4 is 15.9 Å². The minimum absolute atomic E-state index is 0.0469. The fourth-order valence-corrected chi connectivity index (χ4v) is 3.83. The molecule has 1 atom stereocenters. The van der Waals surface area contributed by atoms with Gasteiger partial charge in [-0.15, -0.1) is 0 Å². The van der Waals surface area contributed by atoms with E-state index in [1.54, 1.807) is 12.1 Å². The number of primary sulfonamides is 1. The number of nitrogens with two attached hydrogens (primary N) is 1. The number of nitrogens with one attached hydrogen (secondary N) is 1. The summed E-state index contributed by atoms with van der Waals surface area (Å²) >= 11 is 0. The third-order valence-electron chi connectivity index (χ3n) is 4.88. The summed E-state index contributed by atoms with van der Waals surface area (Å²) in [5.41, 5.74) is 2.97. The zero-order chi connectivity index (χ0) is 20.9. The van der Waals surface area contributed by atoms with Gasteiger partial charge in [0.15, 0.2) is 0 Å². The fourth-order valence-electron chi connectivity index (χ4n) is 3.31. The van der Waals surface area contributed by atoms with Crippen LogP contribution in [0.5, 0.6) is 0 Å². The molecule has 3 rings (SSSR count). The standard InChI is InChI=1S/C23H24N2O3S/c1-17(18-12-14-21(15-13-18)29(24,27)28)25-23(26)16-22(19-8-4-2-5-9-19)20-10-6-3-7-11-20/h2-15,17,22H,16H2,1H3,(H,25,26)(H2,24,27,28). The van der Waals surface area contributed by atoms with Crippen molar-refractivity contribution < 1.29 is 13.2 Å². The van der Waals surface area contributed by atoms with Gasteiger partial charge in [-0.1, -0.05) is 72.8 Å². The Bertz CT molecular complexity index is 1010. The summed E-state index contributed by atoms with van der Waals surface area (Å²) in [5, 5.41) is 8.14. The SMILES string of the molecule is CC(NC(=O)CC(c1ccccc1)c1ccccc1)c1ccc(S(N)(=O)=O)cc1. The van der Waals surface area contributed by atoms with E-state index in [0.29, 0.717) is 6.42 Å². The molecular formula is C23H24N2O3S. The molecule has 0 spiro atoms. The van der Waals surface area contributed by atoms with E-state index in [-0.39, 0.29) is 22.8 Å². The molecule has 150 valence electrons. The maximum absolute atomic E-state index is 12.8. The van der Waals surface area contributed by atoms with Gasteiger partial charge < -0.3 is 5.32 Å². The molecule has 0 radical (unpaired) electrons. The second-order valence-corrected chi connectivity index (χ2v) is 8.54. The van der Waals surface area contributed by atoms with E-state index in [1.807, 2.05) is 67.6 Å². The molecule has 5 nitrogen and oxygen atoms in total. The topological polar surface area (TPSA) is 89.3 Å². The van der Waals surface area contributed by atoms with Gasteiger partial charge >= 0.3 is 0 Å². The molecule has 0 aliphatic heterocycles. The van der Waals surface area contributed by atoms with Gasteiger partial charge in [0.1, 0.15) is 0 Å². The maximum Gasteiger partial charge on any atom is 0.238 e. The van der Waals surface area contributed by atoms with E-state index >= 15 is 0 Å². The van der Waals surface area contributed by atoms with E-state index < -0.39 is 10.0 Å². The number of carbonyl (C=O) groups is 1. The van der Waals surface area contributed by atoms with Gasteiger partial charge in [-0.3, -0.25) is 4.79 Å². The second-order valence-electron chi connectivity index (χ2n) is 6.98. The number of hydrogen-bond acceptors (Lipinski definition) is 3. The molecule has 0 bridgehead atoms. The molecule has 29 heavy (non-hydrogen) atoms. The summed E-state index contributed by atoms with van der Waals surface area (Å²) in [6.45, 7) is 1.86. The second kappa shape index (κ2) is 9.03. The van der Waals surface area contributed by atoms with Crippen LogP contribution in [0, 0.1) is 0 Å². The summed E-state index contributed by atoms with van der Waals surface area (Å²) in [7, 11) is -3.73. The highest BCUT2D eigenvalue weighted by molar-refractivity contribution is 7.89. The largest absolute Gasteiger partial charge is 0.350 e. The molecule has 0 aromatic heterocycles. The third-order valence-corrected chi connectivity index (χ3v) is 5.81. The van der Waals surface area contributed by atoms with Crippen LogP contribution >= 0.6 is 0 Å². The van der Waals surface area contributed by atoms with Crippen LogP contribution in [0.2, 0.25) is 0 Å². The van der Waals surface area contributed by atoms with E-state index in [9.17, 15) is 13.2 Å². The third kappa shape index (κ3) is 5.53. The number of sulfonamides is 1. The van der Waals surface area contributed by atoms with Crippen LogP contribution in [0.4, 0.5) is 0 Å². The molecular weight excluding hydrogens is 384 g/mol. The minimum Gasteiger partial charge on any atom is -0.350 e. The van der Waals surface area contributed by atoms with Crippen molar-refractivity contribution in [3.8, 4) is 0 Å². The van der Waals surface area contributed by atoms with Crippen molar-refractivity contribution in [3.05, 3.63) is 102 Å². The first-order chi connectivity index (χ1) is 13.8. The molecule has 3 aromatic carbocycles.